The molecule has 0 N–H and O–H groups in total. The van der Waals surface area contributed by atoms with Gasteiger partial charge in [0.25, 0.3) is 5.91 Å². The van der Waals surface area contributed by atoms with Crippen molar-refractivity contribution in [1.82, 2.24) is 14.7 Å². The summed E-state index contributed by atoms with van der Waals surface area (Å²) in [5.74, 6) is 0.739. The molecule has 3 rings (SSSR count). The van der Waals surface area contributed by atoms with Crippen LogP contribution in [0, 0.1) is 11.8 Å². The number of likely N-dealkylation sites (tertiary alicyclic amines) is 1. The molecule has 27 heavy (non-hydrogen) atoms. The van der Waals surface area contributed by atoms with E-state index in [1.165, 1.54) is 30.1 Å². The van der Waals surface area contributed by atoms with Gasteiger partial charge < -0.3 is 9.64 Å². The van der Waals surface area contributed by atoms with Crippen molar-refractivity contribution in [3.63, 3.8) is 0 Å². The standard InChI is InChI=1S/C19H22F3N3O2/c1-12-7-13(2)10-24(9-12)18(26)17-16(27-3)11-25(23-17)15-6-4-5-14(8-15)19(20,21)22/h4-6,8,11-13H,7,9-10H2,1-3H3. The maximum Gasteiger partial charge on any atom is 0.416 e. The van der Waals surface area contributed by atoms with E-state index in [-0.39, 0.29) is 23.0 Å². The summed E-state index contributed by atoms with van der Waals surface area (Å²) in [4.78, 5) is 14.7. The molecule has 2 unspecified atom stereocenters. The average Bonchev–Trinajstić information content (AvgIpc) is 3.04. The molecule has 1 saturated heterocycles. The average molecular weight is 381 g/mol. The maximum absolute atomic E-state index is 13.0. The predicted molar refractivity (Wildman–Crippen MR) is 94.0 cm³/mol. The third-order valence-corrected chi connectivity index (χ3v) is 4.70. The number of carbonyl (C=O) groups is 1. The number of piperidine rings is 1. The lowest BCUT2D eigenvalue weighted by Gasteiger charge is -2.34. The first-order valence-electron chi connectivity index (χ1n) is 8.79. The van der Waals surface area contributed by atoms with E-state index in [2.05, 4.69) is 18.9 Å². The van der Waals surface area contributed by atoms with Gasteiger partial charge in [-0.05, 0) is 36.5 Å². The van der Waals surface area contributed by atoms with Gasteiger partial charge in [-0.25, -0.2) is 4.68 Å². The Hall–Kier alpha value is -2.51. The molecule has 2 aromatic rings. The molecular weight excluding hydrogens is 359 g/mol. The van der Waals surface area contributed by atoms with Gasteiger partial charge in [-0.2, -0.15) is 18.3 Å². The summed E-state index contributed by atoms with van der Waals surface area (Å²) in [6.07, 6.45) is -1.97. The second-order valence-electron chi connectivity index (χ2n) is 7.19. The zero-order valence-electron chi connectivity index (χ0n) is 15.5. The SMILES string of the molecule is COc1cn(-c2cccc(C(F)(F)F)c2)nc1C(=O)N1CC(C)CC(C)C1. The normalized spacial score (nSPS) is 20.6. The predicted octanol–water partition coefficient (Wildman–Crippen LogP) is 4.02. The number of alkyl halides is 3. The summed E-state index contributed by atoms with van der Waals surface area (Å²) in [6.45, 7) is 5.44. The van der Waals surface area contributed by atoms with Crippen LogP contribution in [0.1, 0.15) is 36.3 Å². The van der Waals surface area contributed by atoms with Crippen LogP contribution in [-0.2, 0) is 6.18 Å². The molecule has 1 aromatic carbocycles. The van der Waals surface area contributed by atoms with Crippen molar-refractivity contribution in [2.45, 2.75) is 26.4 Å². The fraction of sp³-hybridized carbons (Fsp3) is 0.474. The number of methoxy groups -OCH3 is 1. The van der Waals surface area contributed by atoms with Crippen LogP contribution in [0.3, 0.4) is 0 Å². The molecule has 0 bridgehead atoms. The van der Waals surface area contributed by atoms with Crippen molar-refractivity contribution in [1.29, 1.82) is 0 Å². The van der Waals surface area contributed by atoms with Crippen molar-refractivity contribution in [3.05, 3.63) is 41.7 Å². The van der Waals surface area contributed by atoms with Crippen molar-refractivity contribution in [3.8, 4) is 11.4 Å². The molecule has 1 aliphatic heterocycles. The lowest BCUT2D eigenvalue weighted by Crippen LogP contribution is -2.42. The molecule has 5 nitrogen and oxygen atoms in total. The summed E-state index contributed by atoms with van der Waals surface area (Å²) in [5, 5.41) is 4.23. The minimum absolute atomic E-state index is 0.108. The number of carbonyl (C=O) groups excluding carboxylic acids is 1. The molecule has 0 saturated carbocycles. The minimum Gasteiger partial charge on any atom is -0.493 e. The highest BCUT2D eigenvalue weighted by Crippen LogP contribution is 2.31. The fourth-order valence-corrected chi connectivity index (χ4v) is 3.59. The van der Waals surface area contributed by atoms with E-state index >= 15 is 0 Å². The molecule has 2 heterocycles. The van der Waals surface area contributed by atoms with Gasteiger partial charge in [-0.15, -0.1) is 0 Å². The Kier molecular flexibility index (Phi) is 5.17. The second kappa shape index (κ2) is 7.25. The van der Waals surface area contributed by atoms with Crippen molar-refractivity contribution >= 4 is 5.91 Å². The first-order valence-corrected chi connectivity index (χ1v) is 8.79. The number of halogens is 3. The zero-order chi connectivity index (χ0) is 19.8. The lowest BCUT2D eigenvalue weighted by atomic mass is 9.92. The van der Waals surface area contributed by atoms with Gasteiger partial charge in [0.1, 0.15) is 0 Å². The van der Waals surface area contributed by atoms with Crippen LogP contribution in [-0.4, -0.2) is 40.8 Å². The van der Waals surface area contributed by atoms with Gasteiger partial charge >= 0.3 is 6.18 Å². The Morgan fingerprint density at radius 3 is 2.48 bits per heavy atom. The van der Waals surface area contributed by atoms with E-state index in [1.54, 1.807) is 4.90 Å². The number of nitrogens with zero attached hydrogens (tertiary/aromatic N) is 3. The summed E-state index contributed by atoms with van der Waals surface area (Å²) in [6, 6.07) is 4.79. The monoisotopic (exact) mass is 381 g/mol. The van der Waals surface area contributed by atoms with Gasteiger partial charge in [-0.3, -0.25) is 4.79 Å². The van der Waals surface area contributed by atoms with Crippen molar-refractivity contribution < 1.29 is 22.7 Å². The molecule has 1 amide bonds. The first kappa shape index (κ1) is 19.3. The fourth-order valence-electron chi connectivity index (χ4n) is 3.59. The van der Waals surface area contributed by atoms with Crippen molar-refractivity contribution in [2.24, 2.45) is 11.8 Å². The van der Waals surface area contributed by atoms with Crippen LogP contribution >= 0.6 is 0 Å². The number of hydrogen-bond donors (Lipinski definition) is 0. The van der Waals surface area contributed by atoms with Gasteiger partial charge in [0.05, 0.1) is 24.6 Å². The highest BCUT2D eigenvalue weighted by molar-refractivity contribution is 5.95. The number of aromatic nitrogens is 2. The smallest absolute Gasteiger partial charge is 0.416 e. The molecule has 0 aliphatic carbocycles. The van der Waals surface area contributed by atoms with Crippen molar-refractivity contribution in [2.75, 3.05) is 20.2 Å². The van der Waals surface area contributed by atoms with Crippen LogP contribution in [0.15, 0.2) is 30.5 Å². The van der Waals surface area contributed by atoms with E-state index in [1.807, 2.05) is 0 Å². The molecule has 0 spiro atoms. The van der Waals surface area contributed by atoms with Crippen LogP contribution < -0.4 is 4.74 Å². The summed E-state index contributed by atoms with van der Waals surface area (Å²) >= 11 is 0. The number of benzene rings is 1. The third-order valence-electron chi connectivity index (χ3n) is 4.70. The van der Waals surface area contributed by atoms with Crippen LogP contribution in [0.5, 0.6) is 5.75 Å². The van der Waals surface area contributed by atoms with Gasteiger partial charge in [-0.1, -0.05) is 19.9 Å². The van der Waals surface area contributed by atoms with Crippen LogP contribution in [0.4, 0.5) is 13.2 Å². The zero-order valence-corrected chi connectivity index (χ0v) is 15.5. The number of rotatable bonds is 3. The molecule has 1 aromatic heterocycles. The van der Waals surface area contributed by atoms with Gasteiger partial charge in [0.2, 0.25) is 0 Å². The third kappa shape index (κ3) is 4.09. The van der Waals surface area contributed by atoms with Crippen LogP contribution in [0.25, 0.3) is 5.69 Å². The maximum atomic E-state index is 13.0. The highest BCUT2D eigenvalue weighted by Gasteiger charge is 2.32. The van der Waals surface area contributed by atoms with E-state index in [0.717, 1.165) is 18.6 Å². The van der Waals surface area contributed by atoms with Gasteiger partial charge in [0, 0.05) is 13.1 Å². The first-order chi connectivity index (χ1) is 12.7. The Labute approximate surface area is 155 Å². The molecular formula is C19H22F3N3O2. The topological polar surface area (TPSA) is 47.4 Å². The Morgan fingerprint density at radius 1 is 1.22 bits per heavy atom. The molecule has 0 radical (unpaired) electrons. The Bertz CT molecular complexity index is 822. The molecule has 2 atom stereocenters. The molecule has 1 fully saturated rings. The molecule has 146 valence electrons. The summed E-state index contributed by atoms with van der Waals surface area (Å²) < 4.78 is 45.4. The highest BCUT2D eigenvalue weighted by atomic mass is 19.4. The minimum atomic E-state index is -4.45. The van der Waals surface area contributed by atoms with E-state index in [9.17, 15) is 18.0 Å². The number of hydrogen-bond acceptors (Lipinski definition) is 3. The largest absolute Gasteiger partial charge is 0.493 e. The van der Waals surface area contributed by atoms with E-state index in [0.29, 0.717) is 24.9 Å². The lowest BCUT2D eigenvalue weighted by molar-refractivity contribution is -0.137. The van der Waals surface area contributed by atoms with E-state index < -0.39 is 11.7 Å². The van der Waals surface area contributed by atoms with Crippen LogP contribution in [0.2, 0.25) is 0 Å². The Balaban J connectivity index is 1.93. The second-order valence-corrected chi connectivity index (χ2v) is 7.19. The van der Waals surface area contributed by atoms with E-state index in [4.69, 9.17) is 4.74 Å². The number of ether oxygens (including phenoxy) is 1. The molecule has 1 aliphatic rings. The number of amides is 1. The van der Waals surface area contributed by atoms with Gasteiger partial charge in [0.15, 0.2) is 11.4 Å². The summed E-state index contributed by atoms with van der Waals surface area (Å²) in [7, 11) is 1.41. The Morgan fingerprint density at radius 2 is 1.89 bits per heavy atom. The summed E-state index contributed by atoms with van der Waals surface area (Å²) in [5.41, 5.74) is -0.459. The molecule has 8 heteroatoms. The quantitative estimate of drug-likeness (QED) is 0.807.